The molecule has 9 nitrogen and oxygen atoms in total. The summed E-state index contributed by atoms with van der Waals surface area (Å²) >= 11 is 0. The van der Waals surface area contributed by atoms with Gasteiger partial charge < -0.3 is 30.4 Å². The quantitative estimate of drug-likeness (QED) is 0.544. The minimum Gasteiger partial charge on any atom is -0.492 e. The summed E-state index contributed by atoms with van der Waals surface area (Å²) in [4.78, 5) is 37.8. The van der Waals surface area contributed by atoms with Gasteiger partial charge in [0.05, 0.1) is 30.6 Å². The second-order valence-corrected chi connectivity index (χ2v) is 8.99. The molecule has 2 heterocycles. The Labute approximate surface area is 200 Å². The van der Waals surface area contributed by atoms with Gasteiger partial charge >= 0.3 is 5.97 Å². The van der Waals surface area contributed by atoms with Crippen molar-refractivity contribution in [3.05, 3.63) is 45.3 Å². The Morgan fingerprint density at radius 1 is 1.37 bits per heavy atom. The van der Waals surface area contributed by atoms with E-state index in [1.165, 1.54) is 20.2 Å². The number of fused-ring (bicyclic) bond motifs is 1. The van der Waals surface area contributed by atoms with Crippen LogP contribution in [0.4, 0.5) is 14.5 Å². The van der Waals surface area contributed by atoms with E-state index >= 15 is 4.39 Å². The number of carboxylic acids is 1. The number of carbonyl (C=O) groups is 2. The Kier molecular flexibility index (Phi) is 6.79. The first kappa shape index (κ1) is 24.6. The van der Waals surface area contributed by atoms with E-state index in [1.54, 1.807) is 9.47 Å². The molecule has 4 N–H and O–H groups in total. The lowest BCUT2D eigenvalue weighted by molar-refractivity contribution is -0.121. The average molecular weight is 491 g/mol. The predicted octanol–water partition coefficient (Wildman–Crippen LogP) is 2.47. The first-order valence-electron chi connectivity index (χ1n) is 11.5. The highest BCUT2D eigenvalue weighted by Gasteiger charge is 2.32. The lowest BCUT2D eigenvalue weighted by atomic mass is 10.0. The van der Waals surface area contributed by atoms with Crippen LogP contribution in [-0.4, -0.2) is 54.3 Å². The lowest BCUT2D eigenvalue weighted by Crippen LogP contribution is -2.39. The molecule has 1 saturated heterocycles. The van der Waals surface area contributed by atoms with Crippen molar-refractivity contribution < 1.29 is 28.2 Å². The minimum atomic E-state index is -1.38. The number of nitrogens with one attached hydrogen (secondary N) is 1. The van der Waals surface area contributed by atoms with Gasteiger partial charge in [-0.25, -0.2) is 13.6 Å². The number of hydrogen-bond donors (Lipinski definition) is 3. The number of piperidine rings is 1. The molecule has 1 aliphatic heterocycles. The fourth-order valence-corrected chi connectivity index (χ4v) is 4.46. The summed E-state index contributed by atoms with van der Waals surface area (Å²) < 4.78 is 37.6. The molecular weight excluding hydrogens is 462 g/mol. The van der Waals surface area contributed by atoms with Crippen LogP contribution in [0.1, 0.15) is 49.0 Å². The zero-order valence-corrected chi connectivity index (χ0v) is 19.6. The highest BCUT2D eigenvalue weighted by atomic mass is 19.1. The molecule has 1 aromatic carbocycles. The van der Waals surface area contributed by atoms with Crippen LogP contribution in [0.3, 0.4) is 0 Å². The van der Waals surface area contributed by atoms with Crippen LogP contribution < -0.4 is 26.1 Å². The van der Waals surface area contributed by atoms with Crippen molar-refractivity contribution in [3.8, 4) is 5.75 Å². The Morgan fingerprint density at radius 3 is 2.69 bits per heavy atom. The van der Waals surface area contributed by atoms with Crippen LogP contribution in [0.25, 0.3) is 10.9 Å². The van der Waals surface area contributed by atoms with E-state index in [-0.39, 0.29) is 36.0 Å². The number of hydrogen-bond acceptors (Lipinski definition) is 6. The van der Waals surface area contributed by atoms with Gasteiger partial charge in [0.15, 0.2) is 11.6 Å². The normalized spacial score (nSPS) is 18.4. The third kappa shape index (κ3) is 4.72. The lowest BCUT2D eigenvalue weighted by Gasteiger charge is -2.33. The van der Waals surface area contributed by atoms with Crippen LogP contribution in [-0.2, 0) is 4.79 Å². The number of methoxy groups -OCH3 is 1. The van der Waals surface area contributed by atoms with E-state index in [0.717, 1.165) is 18.9 Å². The molecule has 1 amide bonds. The number of nitrogens with two attached hydrogens (primary N) is 1. The van der Waals surface area contributed by atoms with E-state index < -0.39 is 40.6 Å². The Morgan fingerprint density at radius 2 is 2.09 bits per heavy atom. The van der Waals surface area contributed by atoms with Crippen LogP contribution in [0.15, 0.2) is 28.5 Å². The molecule has 1 unspecified atom stereocenters. The van der Waals surface area contributed by atoms with Crippen molar-refractivity contribution in [2.45, 2.75) is 44.7 Å². The molecule has 2 aromatic rings. The smallest absolute Gasteiger partial charge is 0.341 e. The van der Waals surface area contributed by atoms with Gasteiger partial charge in [-0.05, 0) is 44.2 Å². The number of amides is 1. The zero-order chi connectivity index (χ0) is 25.4. The van der Waals surface area contributed by atoms with Crippen LogP contribution >= 0.6 is 0 Å². The summed E-state index contributed by atoms with van der Waals surface area (Å²) in [5, 5.41) is 11.8. The molecule has 1 saturated carbocycles. The van der Waals surface area contributed by atoms with Gasteiger partial charge in [-0.15, -0.1) is 0 Å². The highest BCUT2D eigenvalue weighted by Crippen LogP contribution is 2.44. The second-order valence-electron chi connectivity index (χ2n) is 8.99. The molecule has 0 radical (unpaired) electrons. The van der Waals surface area contributed by atoms with Gasteiger partial charge in [-0.3, -0.25) is 9.59 Å². The van der Waals surface area contributed by atoms with Crippen LogP contribution in [0.5, 0.6) is 5.75 Å². The minimum absolute atomic E-state index is 0.0220. The number of ether oxygens (including phenoxy) is 1. The third-order valence-corrected chi connectivity index (χ3v) is 6.39. The largest absolute Gasteiger partial charge is 0.492 e. The first-order valence-corrected chi connectivity index (χ1v) is 11.5. The topological polar surface area (TPSA) is 127 Å². The van der Waals surface area contributed by atoms with Crippen molar-refractivity contribution in [2.75, 3.05) is 31.6 Å². The molecular formula is C24H28F2N4O5. The van der Waals surface area contributed by atoms with Crippen molar-refractivity contribution in [1.29, 1.82) is 0 Å². The summed E-state index contributed by atoms with van der Waals surface area (Å²) in [5.74, 6) is -3.03. The number of aromatic carboxylic acids is 1. The maximum atomic E-state index is 15.5. The third-order valence-electron chi connectivity index (χ3n) is 6.39. The van der Waals surface area contributed by atoms with Crippen molar-refractivity contribution in [3.63, 3.8) is 0 Å². The average Bonchev–Trinajstić information content (AvgIpc) is 3.67. The number of pyridine rings is 1. The summed E-state index contributed by atoms with van der Waals surface area (Å²) in [7, 11) is 1.36. The van der Waals surface area contributed by atoms with Gasteiger partial charge in [0.1, 0.15) is 17.1 Å². The van der Waals surface area contributed by atoms with Gasteiger partial charge in [0.25, 0.3) is 0 Å². The van der Waals surface area contributed by atoms with E-state index in [9.17, 15) is 23.9 Å². The highest BCUT2D eigenvalue weighted by molar-refractivity contribution is 5.97. The molecule has 35 heavy (non-hydrogen) atoms. The summed E-state index contributed by atoms with van der Waals surface area (Å²) in [6.07, 6.45) is 3.86. The van der Waals surface area contributed by atoms with Crippen LogP contribution in [0.2, 0.25) is 0 Å². The number of nitrogens with zero attached hydrogens (tertiary/aromatic N) is 2. The Bertz CT molecular complexity index is 1280. The predicted molar refractivity (Wildman–Crippen MR) is 126 cm³/mol. The number of aromatic nitrogens is 1. The van der Waals surface area contributed by atoms with Crippen molar-refractivity contribution in [2.24, 2.45) is 5.73 Å². The standard InChI is InChI=1S/C24H28F2N4O5/c1-12(27)23(32)28-9-18(26)13-4-3-7-29(10-13)20-17(25)8-15-19(22(20)35-2)30(14-5-6-14)11-16(21(15)31)24(33)34/h8,11-12,14H,3-7,9-10,27H2,1-2H3,(H,28,32)(H,33,34). The fraction of sp³-hybridized carbons (Fsp3) is 0.458. The molecule has 1 atom stereocenters. The number of benzene rings is 1. The second kappa shape index (κ2) is 9.65. The molecule has 188 valence electrons. The Hall–Kier alpha value is -3.47. The number of anilines is 1. The molecule has 2 aliphatic rings. The monoisotopic (exact) mass is 490 g/mol. The summed E-state index contributed by atoms with van der Waals surface area (Å²) in [5.41, 5.74) is 5.10. The molecule has 2 fully saturated rings. The van der Waals surface area contributed by atoms with E-state index in [0.29, 0.717) is 30.5 Å². The molecule has 1 aliphatic carbocycles. The number of carbonyl (C=O) groups excluding carboxylic acids is 1. The fourth-order valence-electron chi connectivity index (χ4n) is 4.46. The van der Waals surface area contributed by atoms with E-state index in [1.807, 2.05) is 0 Å². The van der Waals surface area contributed by atoms with Crippen LogP contribution in [0, 0.1) is 5.82 Å². The first-order chi connectivity index (χ1) is 16.6. The van der Waals surface area contributed by atoms with Gasteiger partial charge in [0, 0.05) is 25.3 Å². The maximum absolute atomic E-state index is 15.5. The summed E-state index contributed by atoms with van der Waals surface area (Å²) in [6.45, 7) is 1.68. The SMILES string of the molecule is COc1c(N2CCCC(=C(F)CNC(=O)C(C)N)C2)c(F)cc2c(=O)c(C(=O)O)cn(C3CC3)c12. The summed E-state index contributed by atoms with van der Waals surface area (Å²) in [6, 6.07) is 0.251. The molecule has 4 rings (SSSR count). The van der Waals surface area contributed by atoms with Gasteiger partial charge in [-0.2, -0.15) is 0 Å². The zero-order valence-electron chi connectivity index (χ0n) is 19.6. The molecule has 1 aromatic heterocycles. The molecule has 11 heteroatoms. The van der Waals surface area contributed by atoms with E-state index in [4.69, 9.17) is 10.5 Å². The maximum Gasteiger partial charge on any atom is 0.341 e. The Balaban J connectivity index is 1.79. The molecule has 0 bridgehead atoms. The number of halogens is 2. The molecule has 0 spiro atoms. The number of rotatable bonds is 7. The van der Waals surface area contributed by atoms with Crippen molar-refractivity contribution in [1.82, 2.24) is 9.88 Å². The number of carboxylic acid groups (broad SMARTS) is 1. The van der Waals surface area contributed by atoms with E-state index in [2.05, 4.69) is 5.32 Å². The van der Waals surface area contributed by atoms with Gasteiger partial charge in [0.2, 0.25) is 11.3 Å². The van der Waals surface area contributed by atoms with Gasteiger partial charge in [-0.1, -0.05) is 0 Å². The van der Waals surface area contributed by atoms with Crippen molar-refractivity contribution >= 4 is 28.5 Å².